The number of nitrogens with one attached hydrogen (secondary N) is 2. The number of thioether (sulfide) groups is 2. The second-order valence-corrected chi connectivity index (χ2v) is 4.92. The van der Waals surface area contributed by atoms with E-state index in [1.807, 2.05) is 19.4 Å². The summed E-state index contributed by atoms with van der Waals surface area (Å²) in [5, 5.41) is 4.88. The maximum Gasteiger partial charge on any atom is 0.321 e. The van der Waals surface area contributed by atoms with E-state index in [0.29, 0.717) is 12.1 Å². The second kappa shape index (κ2) is 8.52. The first-order valence-electron chi connectivity index (χ1n) is 4.94. The predicted molar refractivity (Wildman–Crippen MR) is 71.6 cm³/mol. The normalized spacial score (nSPS) is 9.50. The summed E-state index contributed by atoms with van der Waals surface area (Å²) in [6, 6.07) is -0.437. The van der Waals surface area contributed by atoms with Gasteiger partial charge in [-0.25, -0.2) is 4.79 Å². The SMILES string of the molecule is CCCNC(=O)NC(=O)C(C)=C(SC)SC. The first-order valence-corrected chi connectivity index (χ1v) is 7.39. The van der Waals surface area contributed by atoms with Crippen LogP contribution in [0.3, 0.4) is 0 Å². The Balaban J connectivity index is 4.35. The highest BCUT2D eigenvalue weighted by atomic mass is 32.2. The Morgan fingerprint density at radius 2 is 1.75 bits per heavy atom. The molecule has 0 atom stereocenters. The molecule has 3 amide bonds. The Kier molecular flexibility index (Phi) is 8.19. The van der Waals surface area contributed by atoms with Crippen LogP contribution in [0.4, 0.5) is 4.79 Å². The summed E-state index contributed by atoms with van der Waals surface area (Å²) in [7, 11) is 0. The quantitative estimate of drug-likeness (QED) is 0.746. The molecule has 0 spiro atoms. The van der Waals surface area contributed by atoms with E-state index in [2.05, 4.69) is 10.6 Å². The molecule has 0 unspecified atom stereocenters. The molecule has 0 heterocycles. The first-order chi connectivity index (χ1) is 7.56. The van der Waals surface area contributed by atoms with E-state index < -0.39 is 6.03 Å². The summed E-state index contributed by atoms with van der Waals surface area (Å²) in [6.45, 7) is 4.23. The van der Waals surface area contributed by atoms with Gasteiger partial charge in [0.2, 0.25) is 0 Å². The highest BCUT2D eigenvalue weighted by molar-refractivity contribution is 8.21. The van der Waals surface area contributed by atoms with Gasteiger partial charge in [0, 0.05) is 16.4 Å². The Labute approximate surface area is 105 Å². The third kappa shape index (κ3) is 5.46. The summed E-state index contributed by atoms with van der Waals surface area (Å²) in [4.78, 5) is 22.9. The topological polar surface area (TPSA) is 58.2 Å². The molecule has 0 aromatic rings. The average molecular weight is 262 g/mol. The highest BCUT2D eigenvalue weighted by Gasteiger charge is 2.12. The smallest absolute Gasteiger partial charge is 0.321 e. The third-order valence-corrected chi connectivity index (χ3v) is 4.13. The Morgan fingerprint density at radius 3 is 2.19 bits per heavy atom. The van der Waals surface area contributed by atoms with Crippen molar-refractivity contribution in [3.63, 3.8) is 0 Å². The third-order valence-electron chi connectivity index (χ3n) is 1.78. The minimum Gasteiger partial charge on any atom is -0.338 e. The lowest BCUT2D eigenvalue weighted by atomic mass is 10.3. The van der Waals surface area contributed by atoms with E-state index in [1.165, 1.54) is 23.5 Å². The molecule has 0 aromatic heterocycles. The van der Waals surface area contributed by atoms with Gasteiger partial charge in [0.05, 0.1) is 0 Å². The summed E-state index contributed by atoms with van der Waals surface area (Å²) in [5.41, 5.74) is 0.576. The number of carbonyl (C=O) groups excluding carboxylic acids is 2. The molecule has 0 aromatic carbocycles. The Bertz CT molecular complexity index is 285. The van der Waals surface area contributed by atoms with Crippen LogP contribution < -0.4 is 10.6 Å². The number of imide groups is 1. The van der Waals surface area contributed by atoms with E-state index in [9.17, 15) is 9.59 Å². The fourth-order valence-electron chi connectivity index (χ4n) is 0.962. The van der Waals surface area contributed by atoms with Crippen molar-refractivity contribution in [3.8, 4) is 0 Å². The van der Waals surface area contributed by atoms with Gasteiger partial charge in [-0.15, -0.1) is 23.5 Å². The van der Waals surface area contributed by atoms with Crippen LogP contribution >= 0.6 is 23.5 Å². The van der Waals surface area contributed by atoms with Crippen molar-refractivity contribution in [3.05, 3.63) is 9.81 Å². The summed E-state index contributed by atoms with van der Waals surface area (Å²) in [6.07, 6.45) is 4.65. The van der Waals surface area contributed by atoms with Crippen LogP contribution in [-0.2, 0) is 4.79 Å². The van der Waals surface area contributed by atoms with Gasteiger partial charge in [-0.05, 0) is 25.9 Å². The minimum absolute atomic E-state index is 0.340. The van der Waals surface area contributed by atoms with Gasteiger partial charge < -0.3 is 5.32 Å². The standard InChI is InChI=1S/C10H18N2O2S2/c1-5-6-11-10(14)12-8(13)7(2)9(15-3)16-4/h5-6H2,1-4H3,(H2,11,12,13,14). The van der Waals surface area contributed by atoms with Crippen molar-refractivity contribution in [2.45, 2.75) is 20.3 Å². The zero-order valence-electron chi connectivity index (χ0n) is 10.0. The van der Waals surface area contributed by atoms with E-state index in [0.717, 1.165) is 10.7 Å². The molecule has 0 radical (unpaired) electrons. The summed E-state index contributed by atoms with van der Waals surface area (Å²) < 4.78 is 0.917. The average Bonchev–Trinajstić information content (AvgIpc) is 2.27. The molecule has 0 aliphatic rings. The van der Waals surface area contributed by atoms with Crippen molar-refractivity contribution >= 4 is 35.5 Å². The monoisotopic (exact) mass is 262 g/mol. The number of urea groups is 1. The molecule has 0 aliphatic carbocycles. The van der Waals surface area contributed by atoms with Crippen molar-refractivity contribution in [2.24, 2.45) is 0 Å². The van der Waals surface area contributed by atoms with Gasteiger partial charge in [-0.3, -0.25) is 10.1 Å². The van der Waals surface area contributed by atoms with Crippen molar-refractivity contribution in [2.75, 3.05) is 19.1 Å². The molecule has 0 aliphatic heterocycles. The highest BCUT2D eigenvalue weighted by Crippen LogP contribution is 2.27. The molecule has 6 heteroatoms. The van der Waals surface area contributed by atoms with Gasteiger partial charge in [0.25, 0.3) is 5.91 Å². The van der Waals surface area contributed by atoms with Gasteiger partial charge in [-0.2, -0.15) is 0 Å². The fourth-order valence-corrected chi connectivity index (χ4v) is 2.43. The molecule has 4 nitrogen and oxygen atoms in total. The number of rotatable bonds is 5. The molecule has 16 heavy (non-hydrogen) atoms. The van der Waals surface area contributed by atoms with E-state index in [1.54, 1.807) is 6.92 Å². The van der Waals surface area contributed by atoms with Crippen LogP contribution in [0.2, 0.25) is 0 Å². The lowest BCUT2D eigenvalue weighted by molar-refractivity contribution is -0.116. The molecule has 0 rings (SSSR count). The molecule has 0 bridgehead atoms. The number of hydrogen-bond donors (Lipinski definition) is 2. The Hall–Kier alpha value is -0.620. The predicted octanol–water partition coefficient (Wildman–Crippen LogP) is 2.18. The number of hydrogen-bond acceptors (Lipinski definition) is 4. The molecule has 92 valence electrons. The van der Waals surface area contributed by atoms with Gasteiger partial charge in [0.15, 0.2) is 0 Å². The largest absolute Gasteiger partial charge is 0.338 e. The van der Waals surface area contributed by atoms with Crippen LogP contribution in [0, 0.1) is 0 Å². The zero-order chi connectivity index (χ0) is 12.6. The molecule has 0 fully saturated rings. The maximum atomic E-state index is 11.6. The summed E-state index contributed by atoms with van der Waals surface area (Å²) >= 11 is 3.00. The minimum atomic E-state index is -0.437. The van der Waals surface area contributed by atoms with Crippen molar-refractivity contribution in [1.82, 2.24) is 10.6 Å². The molecular weight excluding hydrogens is 244 g/mol. The molecule has 0 saturated carbocycles. The van der Waals surface area contributed by atoms with E-state index in [-0.39, 0.29) is 5.91 Å². The van der Waals surface area contributed by atoms with Crippen LogP contribution in [0.5, 0.6) is 0 Å². The molecule has 0 saturated heterocycles. The first kappa shape index (κ1) is 15.4. The van der Waals surface area contributed by atoms with E-state index in [4.69, 9.17) is 0 Å². The van der Waals surface area contributed by atoms with Crippen LogP contribution in [-0.4, -0.2) is 31.0 Å². The van der Waals surface area contributed by atoms with Gasteiger partial charge >= 0.3 is 6.03 Å². The zero-order valence-corrected chi connectivity index (χ0v) is 11.7. The lowest BCUT2D eigenvalue weighted by Crippen LogP contribution is -2.40. The van der Waals surface area contributed by atoms with Crippen molar-refractivity contribution in [1.29, 1.82) is 0 Å². The second-order valence-electron chi connectivity index (χ2n) is 3.03. The summed E-state index contributed by atoms with van der Waals surface area (Å²) in [5.74, 6) is -0.340. The van der Waals surface area contributed by atoms with Crippen LogP contribution in [0.25, 0.3) is 0 Å². The Morgan fingerprint density at radius 1 is 1.19 bits per heavy atom. The number of amides is 3. The maximum absolute atomic E-state index is 11.6. The van der Waals surface area contributed by atoms with E-state index >= 15 is 0 Å². The number of carbonyl (C=O) groups is 2. The van der Waals surface area contributed by atoms with Crippen LogP contribution in [0.15, 0.2) is 9.81 Å². The molecule has 2 N–H and O–H groups in total. The van der Waals surface area contributed by atoms with Crippen molar-refractivity contribution < 1.29 is 9.59 Å². The van der Waals surface area contributed by atoms with Gasteiger partial charge in [-0.1, -0.05) is 6.92 Å². The fraction of sp³-hybridized carbons (Fsp3) is 0.600. The lowest BCUT2D eigenvalue weighted by Gasteiger charge is -2.08. The van der Waals surface area contributed by atoms with Gasteiger partial charge in [0.1, 0.15) is 0 Å². The van der Waals surface area contributed by atoms with Crippen LogP contribution in [0.1, 0.15) is 20.3 Å². The molecular formula is C10H18N2O2S2.